The Morgan fingerprint density at radius 2 is 1.87 bits per heavy atom. The maximum Gasteiger partial charge on any atom is 0.256 e. The molecule has 8 nitrogen and oxygen atoms in total. The first-order chi connectivity index (χ1) is 14.2. The van der Waals surface area contributed by atoms with E-state index >= 15 is 0 Å². The Labute approximate surface area is 178 Å². The summed E-state index contributed by atoms with van der Waals surface area (Å²) in [4.78, 5) is 19.4. The maximum atomic E-state index is 12.8. The van der Waals surface area contributed by atoms with Gasteiger partial charge in [0.05, 0.1) is 24.4 Å². The molecule has 1 fully saturated rings. The van der Waals surface area contributed by atoms with Crippen LogP contribution in [0.4, 0.5) is 11.6 Å². The molecule has 4 rings (SSSR count). The average Bonchev–Trinajstić information content (AvgIpc) is 3.07. The lowest BCUT2D eigenvalue weighted by Crippen LogP contribution is -2.41. The van der Waals surface area contributed by atoms with E-state index in [4.69, 9.17) is 0 Å². The minimum atomic E-state index is -0.964. The fourth-order valence-electron chi connectivity index (χ4n) is 3.45. The number of fused-ring (bicyclic) bond motifs is 1. The summed E-state index contributed by atoms with van der Waals surface area (Å²) in [7, 11) is 0. The second-order valence-electron chi connectivity index (χ2n) is 7.98. The standard InChI is InChI=1S/C21H25N5O3S/c1-14-12-18-22-17(13-19(26(18)24-14)25-8-10-30(29)11-9-25)23-20(27)15-4-6-16(7-5-15)21(2,3)28/h4-7,12-13,28H,8-11H2,1-3H3,(H,22,23,27). The van der Waals surface area contributed by atoms with Gasteiger partial charge in [0, 0.05) is 17.7 Å². The highest BCUT2D eigenvalue weighted by atomic mass is 32.2. The second-order valence-corrected chi connectivity index (χ2v) is 9.68. The Hall–Kier alpha value is -2.62. The van der Waals surface area contributed by atoms with Crippen molar-refractivity contribution in [3.63, 3.8) is 0 Å². The van der Waals surface area contributed by atoms with Crippen LogP contribution < -0.4 is 10.2 Å². The van der Waals surface area contributed by atoms with Crippen molar-refractivity contribution in [3.8, 4) is 0 Å². The van der Waals surface area contributed by atoms with Crippen molar-refractivity contribution in [2.75, 3.05) is 34.8 Å². The molecule has 1 aromatic carbocycles. The van der Waals surface area contributed by atoms with E-state index in [-0.39, 0.29) is 5.91 Å². The Morgan fingerprint density at radius 3 is 2.50 bits per heavy atom. The van der Waals surface area contributed by atoms with Gasteiger partial charge in [0.25, 0.3) is 5.91 Å². The number of carbonyl (C=O) groups is 1. The number of amides is 1. The van der Waals surface area contributed by atoms with Crippen molar-refractivity contribution in [2.24, 2.45) is 0 Å². The van der Waals surface area contributed by atoms with Gasteiger partial charge in [0.15, 0.2) is 5.65 Å². The summed E-state index contributed by atoms with van der Waals surface area (Å²) in [6, 6.07) is 10.5. The molecule has 2 aromatic heterocycles. The molecule has 3 aromatic rings. The number of anilines is 2. The lowest BCUT2D eigenvalue weighted by atomic mass is 9.97. The first-order valence-electron chi connectivity index (χ1n) is 9.82. The summed E-state index contributed by atoms with van der Waals surface area (Å²) >= 11 is -0.786. The van der Waals surface area contributed by atoms with Crippen LogP contribution in [0.3, 0.4) is 0 Å². The molecule has 0 unspecified atom stereocenters. The van der Waals surface area contributed by atoms with Gasteiger partial charge in [-0.25, -0.2) is 4.98 Å². The molecule has 1 aliphatic rings. The maximum absolute atomic E-state index is 12.8. The van der Waals surface area contributed by atoms with Gasteiger partial charge in [-0.05, 0) is 38.5 Å². The molecule has 0 spiro atoms. The molecule has 30 heavy (non-hydrogen) atoms. The van der Waals surface area contributed by atoms with E-state index < -0.39 is 16.8 Å². The van der Waals surface area contributed by atoms with Crippen LogP contribution in [0.15, 0.2) is 36.4 Å². The lowest BCUT2D eigenvalue weighted by molar-refractivity contribution is 0.0785. The van der Waals surface area contributed by atoms with Crippen molar-refractivity contribution >= 4 is 34.4 Å². The fourth-order valence-corrected chi connectivity index (χ4v) is 4.50. The number of nitrogens with one attached hydrogen (secondary N) is 1. The van der Waals surface area contributed by atoms with Crippen LogP contribution in [-0.4, -0.2) is 54.8 Å². The molecule has 9 heteroatoms. The molecule has 1 saturated heterocycles. The molecule has 158 valence electrons. The Morgan fingerprint density at radius 1 is 1.20 bits per heavy atom. The van der Waals surface area contributed by atoms with E-state index in [9.17, 15) is 14.5 Å². The van der Waals surface area contributed by atoms with Crippen LogP contribution in [0.2, 0.25) is 0 Å². The predicted molar refractivity (Wildman–Crippen MR) is 117 cm³/mol. The quantitative estimate of drug-likeness (QED) is 0.618. The number of aromatic nitrogens is 3. The number of hydrogen-bond acceptors (Lipinski definition) is 6. The van der Waals surface area contributed by atoms with Crippen LogP contribution >= 0.6 is 0 Å². The molecule has 1 aliphatic heterocycles. The second kappa shape index (κ2) is 7.90. The summed E-state index contributed by atoms with van der Waals surface area (Å²) in [5.41, 5.74) is 1.72. The van der Waals surface area contributed by atoms with Crippen LogP contribution in [0.1, 0.15) is 35.5 Å². The summed E-state index contributed by atoms with van der Waals surface area (Å²) in [5.74, 6) is 2.19. The number of nitrogens with zero attached hydrogens (tertiary/aromatic N) is 4. The molecule has 3 heterocycles. The van der Waals surface area contributed by atoms with Gasteiger partial charge in [0.1, 0.15) is 23.1 Å². The minimum Gasteiger partial charge on any atom is -0.616 e. The first kappa shape index (κ1) is 20.6. The van der Waals surface area contributed by atoms with E-state index in [1.165, 1.54) is 0 Å². The zero-order chi connectivity index (χ0) is 21.5. The van der Waals surface area contributed by atoms with Crippen LogP contribution in [-0.2, 0) is 16.8 Å². The molecule has 2 N–H and O–H groups in total. The number of hydrogen-bond donors (Lipinski definition) is 2. The number of benzene rings is 1. The van der Waals surface area contributed by atoms with E-state index in [2.05, 4.69) is 20.3 Å². The summed E-state index contributed by atoms with van der Waals surface area (Å²) in [6.45, 7) is 6.62. The van der Waals surface area contributed by atoms with Gasteiger partial charge in [-0.2, -0.15) is 9.61 Å². The van der Waals surface area contributed by atoms with Crippen molar-refractivity contribution in [3.05, 3.63) is 53.2 Å². The zero-order valence-electron chi connectivity index (χ0n) is 17.3. The lowest BCUT2D eigenvalue weighted by Gasteiger charge is -2.30. The van der Waals surface area contributed by atoms with Crippen molar-refractivity contribution in [1.29, 1.82) is 0 Å². The Kier molecular flexibility index (Phi) is 5.44. The fraction of sp³-hybridized carbons (Fsp3) is 0.381. The Bertz CT molecular complexity index is 1070. The van der Waals surface area contributed by atoms with Gasteiger partial charge in [-0.15, -0.1) is 0 Å². The summed E-state index contributed by atoms with van der Waals surface area (Å²) < 4.78 is 13.5. The zero-order valence-corrected chi connectivity index (χ0v) is 18.1. The summed E-state index contributed by atoms with van der Waals surface area (Å²) in [5, 5.41) is 17.5. The largest absolute Gasteiger partial charge is 0.616 e. The number of aryl methyl sites for hydroxylation is 1. The number of carbonyl (C=O) groups excluding carboxylic acids is 1. The molecule has 0 aliphatic carbocycles. The van der Waals surface area contributed by atoms with Crippen molar-refractivity contribution in [2.45, 2.75) is 26.4 Å². The van der Waals surface area contributed by atoms with E-state index in [1.54, 1.807) is 48.7 Å². The highest BCUT2D eigenvalue weighted by Crippen LogP contribution is 2.24. The SMILES string of the molecule is Cc1cc2nc(NC(=O)c3ccc(C(C)(C)O)cc3)cc(N3CC[S+]([O-])CC3)n2n1. The highest BCUT2D eigenvalue weighted by molar-refractivity contribution is 7.91. The van der Waals surface area contributed by atoms with Gasteiger partial charge >= 0.3 is 0 Å². The first-order valence-corrected chi connectivity index (χ1v) is 11.3. The Balaban J connectivity index is 1.61. The normalized spacial score (nSPS) is 15.6. The van der Waals surface area contributed by atoms with Crippen LogP contribution in [0, 0.1) is 6.92 Å². The topological polar surface area (TPSA) is 106 Å². The highest BCUT2D eigenvalue weighted by Gasteiger charge is 2.23. The number of aliphatic hydroxyl groups is 1. The number of rotatable bonds is 4. The average molecular weight is 428 g/mol. The molecule has 0 saturated carbocycles. The minimum absolute atomic E-state index is 0.281. The van der Waals surface area contributed by atoms with Gasteiger partial charge < -0.3 is 19.9 Å². The van der Waals surface area contributed by atoms with Crippen LogP contribution in [0.25, 0.3) is 5.65 Å². The van der Waals surface area contributed by atoms with Gasteiger partial charge in [0.2, 0.25) is 0 Å². The van der Waals surface area contributed by atoms with Crippen LogP contribution in [0.5, 0.6) is 0 Å². The van der Waals surface area contributed by atoms with E-state index in [0.29, 0.717) is 41.6 Å². The molecule has 0 bridgehead atoms. The molecule has 0 atom stereocenters. The van der Waals surface area contributed by atoms with E-state index in [1.807, 2.05) is 13.0 Å². The molecule has 0 radical (unpaired) electrons. The molecular weight excluding hydrogens is 402 g/mol. The van der Waals surface area contributed by atoms with Crippen molar-refractivity contribution < 1.29 is 14.5 Å². The van der Waals surface area contributed by atoms with E-state index in [0.717, 1.165) is 17.1 Å². The third kappa shape index (κ3) is 4.28. The molecular formula is C21H25N5O3S. The van der Waals surface area contributed by atoms with Gasteiger partial charge in [-0.1, -0.05) is 23.3 Å². The van der Waals surface area contributed by atoms with Gasteiger partial charge in [-0.3, -0.25) is 4.79 Å². The summed E-state index contributed by atoms with van der Waals surface area (Å²) in [6.07, 6.45) is 0. The predicted octanol–water partition coefficient (Wildman–Crippen LogP) is 2.09. The third-order valence-electron chi connectivity index (χ3n) is 5.13. The molecule has 1 amide bonds. The van der Waals surface area contributed by atoms with Crippen molar-refractivity contribution in [1.82, 2.24) is 14.6 Å². The third-order valence-corrected chi connectivity index (χ3v) is 6.40. The monoisotopic (exact) mass is 427 g/mol. The smallest absolute Gasteiger partial charge is 0.256 e.